The van der Waals surface area contributed by atoms with E-state index in [0.717, 1.165) is 31.5 Å². The lowest BCUT2D eigenvalue weighted by molar-refractivity contribution is -0.125. The van der Waals surface area contributed by atoms with Gasteiger partial charge < -0.3 is 4.90 Å². The summed E-state index contributed by atoms with van der Waals surface area (Å²) in [6.45, 7) is 3.47. The number of fused-ring (bicyclic) bond motifs is 1. The van der Waals surface area contributed by atoms with E-state index in [0.29, 0.717) is 9.95 Å². The van der Waals surface area contributed by atoms with Gasteiger partial charge in [0.2, 0.25) is 0 Å². The Morgan fingerprint density at radius 1 is 1.44 bits per heavy atom. The van der Waals surface area contributed by atoms with Crippen LogP contribution in [0.25, 0.3) is 0 Å². The second-order valence-electron chi connectivity index (χ2n) is 4.60. The molecule has 6 heteroatoms. The van der Waals surface area contributed by atoms with E-state index in [9.17, 15) is 9.59 Å². The van der Waals surface area contributed by atoms with Crippen LogP contribution in [0.4, 0.5) is 0 Å². The molecule has 0 bridgehead atoms. The summed E-state index contributed by atoms with van der Waals surface area (Å²) in [5, 5.41) is 0.690. The third-order valence-corrected chi connectivity index (χ3v) is 4.70. The van der Waals surface area contributed by atoms with E-state index in [1.54, 1.807) is 0 Å². The van der Waals surface area contributed by atoms with Crippen LogP contribution >= 0.6 is 11.8 Å². The molecule has 0 radical (unpaired) electrons. The number of carbonyl (C=O) groups is 2. The van der Waals surface area contributed by atoms with Crippen molar-refractivity contribution >= 4 is 35.0 Å². The van der Waals surface area contributed by atoms with Crippen molar-refractivity contribution in [3.8, 4) is 0 Å². The quantitative estimate of drug-likeness (QED) is 0.714. The molecule has 1 atom stereocenters. The molecule has 0 aliphatic carbocycles. The van der Waals surface area contributed by atoms with Crippen LogP contribution in [-0.4, -0.2) is 41.2 Å². The summed E-state index contributed by atoms with van der Waals surface area (Å²) < 4.78 is 0. The fourth-order valence-corrected chi connectivity index (χ4v) is 3.65. The summed E-state index contributed by atoms with van der Waals surface area (Å²) in [7, 11) is 0. The highest BCUT2D eigenvalue weighted by atomic mass is 32.2. The van der Waals surface area contributed by atoms with Crippen LogP contribution in [0.1, 0.15) is 19.8 Å². The lowest BCUT2D eigenvalue weighted by atomic mass is 10.00. The van der Waals surface area contributed by atoms with Gasteiger partial charge in [0.1, 0.15) is 12.3 Å². The van der Waals surface area contributed by atoms with Crippen molar-refractivity contribution in [3.05, 3.63) is 10.5 Å². The van der Waals surface area contributed by atoms with Gasteiger partial charge in [0.25, 0.3) is 11.8 Å². The molecule has 1 unspecified atom stereocenters. The van der Waals surface area contributed by atoms with Gasteiger partial charge in [-0.3, -0.25) is 9.59 Å². The first-order chi connectivity index (χ1) is 8.68. The number of carbonyl (C=O) groups excluding carboxylic acids is 2. The van der Waals surface area contributed by atoms with E-state index in [2.05, 4.69) is 9.98 Å². The average Bonchev–Trinajstić information content (AvgIpc) is 2.97. The van der Waals surface area contributed by atoms with Crippen molar-refractivity contribution in [2.45, 2.75) is 19.8 Å². The number of hydrogen-bond donors (Lipinski definition) is 0. The van der Waals surface area contributed by atoms with Crippen molar-refractivity contribution in [2.24, 2.45) is 15.9 Å². The summed E-state index contributed by atoms with van der Waals surface area (Å²) in [6.07, 6.45) is 3.40. The Kier molecular flexibility index (Phi) is 2.81. The van der Waals surface area contributed by atoms with Crippen molar-refractivity contribution in [2.75, 3.05) is 13.1 Å². The molecule has 3 aliphatic heterocycles. The van der Waals surface area contributed by atoms with E-state index >= 15 is 0 Å². The third-order valence-electron chi connectivity index (χ3n) is 3.45. The Bertz CT molecular complexity index is 515. The Morgan fingerprint density at radius 3 is 2.83 bits per heavy atom. The monoisotopic (exact) mass is 263 g/mol. The molecule has 0 N–H and O–H groups in total. The van der Waals surface area contributed by atoms with E-state index in [1.807, 2.05) is 11.8 Å². The molecule has 94 valence electrons. The van der Waals surface area contributed by atoms with Gasteiger partial charge in [0.05, 0.1) is 9.95 Å². The summed E-state index contributed by atoms with van der Waals surface area (Å²) in [6, 6.07) is 0. The number of likely N-dealkylation sites (tertiary alicyclic amines) is 1. The topological polar surface area (TPSA) is 62.1 Å². The highest BCUT2D eigenvalue weighted by Crippen LogP contribution is 2.41. The van der Waals surface area contributed by atoms with Gasteiger partial charge in [-0.05, 0) is 25.3 Å². The second-order valence-corrected chi connectivity index (χ2v) is 5.63. The SMILES string of the molecule is CC1=C(C(=O)N2CCCC2)SC2=NC=NC(=O)C21. The predicted molar refractivity (Wildman–Crippen MR) is 70.5 cm³/mol. The van der Waals surface area contributed by atoms with E-state index in [-0.39, 0.29) is 11.8 Å². The van der Waals surface area contributed by atoms with Gasteiger partial charge in [-0.2, -0.15) is 0 Å². The van der Waals surface area contributed by atoms with E-state index in [1.165, 1.54) is 18.1 Å². The summed E-state index contributed by atoms with van der Waals surface area (Å²) in [5.74, 6) is -0.587. The Balaban J connectivity index is 1.89. The third kappa shape index (κ3) is 1.71. The van der Waals surface area contributed by atoms with E-state index < -0.39 is 5.92 Å². The Morgan fingerprint density at radius 2 is 2.17 bits per heavy atom. The largest absolute Gasteiger partial charge is 0.338 e. The van der Waals surface area contributed by atoms with Crippen molar-refractivity contribution in [1.82, 2.24) is 4.90 Å². The average molecular weight is 263 g/mol. The first-order valence-corrected chi connectivity index (χ1v) is 6.82. The van der Waals surface area contributed by atoms with Gasteiger partial charge >= 0.3 is 0 Å². The highest BCUT2D eigenvalue weighted by Gasteiger charge is 2.40. The first-order valence-electron chi connectivity index (χ1n) is 6.00. The molecule has 18 heavy (non-hydrogen) atoms. The molecule has 3 heterocycles. The molecular formula is C12H13N3O2S. The molecule has 0 spiro atoms. The highest BCUT2D eigenvalue weighted by molar-refractivity contribution is 8.18. The number of amides is 2. The molecule has 0 saturated carbocycles. The predicted octanol–water partition coefficient (Wildman–Crippen LogP) is 1.21. The normalized spacial score (nSPS) is 26.7. The minimum Gasteiger partial charge on any atom is -0.338 e. The number of rotatable bonds is 1. The second kappa shape index (κ2) is 4.35. The van der Waals surface area contributed by atoms with Gasteiger partial charge in [0, 0.05) is 13.1 Å². The fourth-order valence-electron chi connectivity index (χ4n) is 2.45. The van der Waals surface area contributed by atoms with Crippen LogP contribution in [0.3, 0.4) is 0 Å². The van der Waals surface area contributed by atoms with Gasteiger partial charge in [-0.1, -0.05) is 11.8 Å². The molecule has 0 aromatic carbocycles. The zero-order chi connectivity index (χ0) is 12.7. The van der Waals surface area contributed by atoms with Crippen molar-refractivity contribution < 1.29 is 9.59 Å². The molecule has 3 aliphatic rings. The van der Waals surface area contributed by atoms with Gasteiger partial charge in [0.15, 0.2) is 0 Å². The van der Waals surface area contributed by atoms with Crippen LogP contribution in [0, 0.1) is 5.92 Å². The van der Waals surface area contributed by atoms with Crippen LogP contribution in [0.2, 0.25) is 0 Å². The summed E-state index contributed by atoms with van der Waals surface area (Å²) in [4.78, 5) is 34.4. The van der Waals surface area contributed by atoms with Crippen molar-refractivity contribution in [3.63, 3.8) is 0 Å². The molecule has 2 amide bonds. The van der Waals surface area contributed by atoms with E-state index in [4.69, 9.17) is 0 Å². The minimum atomic E-state index is -0.415. The number of thioether (sulfide) groups is 1. The molecule has 3 rings (SSSR count). The smallest absolute Gasteiger partial charge is 0.261 e. The lowest BCUT2D eigenvalue weighted by Crippen LogP contribution is -2.28. The van der Waals surface area contributed by atoms with Crippen molar-refractivity contribution in [1.29, 1.82) is 0 Å². The Hall–Kier alpha value is -1.43. The molecule has 5 nitrogen and oxygen atoms in total. The fraction of sp³-hybridized carbons (Fsp3) is 0.500. The molecule has 1 fully saturated rings. The minimum absolute atomic E-state index is 0.0416. The number of hydrogen-bond acceptors (Lipinski definition) is 4. The Labute approximate surface area is 109 Å². The summed E-state index contributed by atoms with van der Waals surface area (Å²) in [5.41, 5.74) is 0.803. The zero-order valence-corrected chi connectivity index (χ0v) is 10.9. The van der Waals surface area contributed by atoms with Crippen LogP contribution in [0.5, 0.6) is 0 Å². The standard InChI is InChI=1S/C12H13N3O2S/c1-7-8-10(16)13-6-14-11(8)18-9(7)12(17)15-4-2-3-5-15/h6,8H,2-5H2,1H3. The number of aliphatic imine (C=N–C) groups is 2. The molecule has 1 saturated heterocycles. The maximum Gasteiger partial charge on any atom is 0.261 e. The van der Waals surface area contributed by atoms with Crippen LogP contribution in [0.15, 0.2) is 20.5 Å². The van der Waals surface area contributed by atoms with Crippen LogP contribution in [-0.2, 0) is 9.59 Å². The van der Waals surface area contributed by atoms with Gasteiger partial charge in [-0.25, -0.2) is 9.98 Å². The lowest BCUT2D eigenvalue weighted by Gasteiger charge is -2.15. The first kappa shape index (κ1) is 11.6. The molecule has 0 aromatic rings. The van der Waals surface area contributed by atoms with Gasteiger partial charge in [-0.15, -0.1) is 0 Å². The summed E-state index contributed by atoms with van der Waals surface area (Å²) >= 11 is 1.33. The zero-order valence-electron chi connectivity index (χ0n) is 10.0. The maximum atomic E-state index is 12.3. The molecular weight excluding hydrogens is 250 g/mol. The molecule has 0 aromatic heterocycles. The van der Waals surface area contributed by atoms with Crippen LogP contribution < -0.4 is 0 Å². The maximum absolute atomic E-state index is 12.3. The number of nitrogens with zero attached hydrogens (tertiary/aromatic N) is 3.